The summed E-state index contributed by atoms with van der Waals surface area (Å²) in [5.41, 5.74) is 5.45. The largest absolute Gasteiger partial charge is 0.339 e. The molecule has 0 aromatic carbocycles. The second-order valence-corrected chi connectivity index (χ2v) is 5.66. The van der Waals surface area contributed by atoms with E-state index in [1.165, 1.54) is 25.7 Å². The number of nitrogens with zero attached hydrogens (tertiary/aromatic N) is 1. The lowest BCUT2D eigenvalue weighted by Gasteiger charge is -2.34. The van der Waals surface area contributed by atoms with E-state index in [1.54, 1.807) is 0 Å². The Kier molecular flexibility index (Phi) is 4.78. The molecule has 0 radical (unpaired) electrons. The molecule has 1 amide bonds. The Hall–Kier alpha value is -0.570. The third kappa shape index (κ3) is 3.48. The van der Waals surface area contributed by atoms with Crippen LogP contribution in [-0.2, 0) is 4.79 Å². The summed E-state index contributed by atoms with van der Waals surface area (Å²) in [5.74, 6) is 1.03. The molecule has 1 saturated carbocycles. The SMILES string of the molecule is CN(C(=O)CCC1CCCC1)C(C)(C)CN. The van der Waals surface area contributed by atoms with Gasteiger partial charge in [0.1, 0.15) is 0 Å². The number of hydrogen-bond donors (Lipinski definition) is 1. The van der Waals surface area contributed by atoms with Gasteiger partial charge in [-0.15, -0.1) is 0 Å². The summed E-state index contributed by atoms with van der Waals surface area (Å²) in [4.78, 5) is 13.8. The topological polar surface area (TPSA) is 46.3 Å². The highest BCUT2D eigenvalue weighted by Crippen LogP contribution is 2.29. The Morgan fingerprint density at radius 2 is 1.94 bits per heavy atom. The molecule has 1 fully saturated rings. The lowest BCUT2D eigenvalue weighted by molar-refractivity contribution is -0.134. The van der Waals surface area contributed by atoms with E-state index >= 15 is 0 Å². The average molecular weight is 226 g/mol. The quantitative estimate of drug-likeness (QED) is 0.781. The van der Waals surface area contributed by atoms with E-state index in [1.807, 2.05) is 25.8 Å². The van der Waals surface area contributed by atoms with E-state index in [0.717, 1.165) is 12.3 Å². The van der Waals surface area contributed by atoms with Gasteiger partial charge >= 0.3 is 0 Å². The number of likely N-dealkylation sites (N-methyl/N-ethyl adjacent to an activating group) is 1. The van der Waals surface area contributed by atoms with Crippen molar-refractivity contribution in [2.75, 3.05) is 13.6 Å². The lowest BCUT2D eigenvalue weighted by Crippen LogP contribution is -2.50. The number of nitrogens with two attached hydrogens (primary N) is 1. The molecule has 94 valence electrons. The average Bonchev–Trinajstić information content (AvgIpc) is 2.77. The molecule has 0 spiro atoms. The maximum Gasteiger partial charge on any atom is 0.222 e. The van der Waals surface area contributed by atoms with Gasteiger partial charge in [-0.1, -0.05) is 25.7 Å². The maximum absolute atomic E-state index is 12.0. The molecule has 3 nitrogen and oxygen atoms in total. The minimum Gasteiger partial charge on any atom is -0.339 e. The summed E-state index contributed by atoms with van der Waals surface area (Å²) >= 11 is 0. The van der Waals surface area contributed by atoms with Crippen LogP contribution in [-0.4, -0.2) is 29.9 Å². The summed E-state index contributed by atoms with van der Waals surface area (Å²) in [6, 6.07) is 0. The van der Waals surface area contributed by atoms with Gasteiger partial charge in [0.05, 0.1) is 0 Å². The summed E-state index contributed by atoms with van der Waals surface area (Å²) in [6.07, 6.45) is 7.08. The zero-order valence-corrected chi connectivity index (χ0v) is 11.0. The first-order valence-corrected chi connectivity index (χ1v) is 6.44. The van der Waals surface area contributed by atoms with Crippen LogP contribution < -0.4 is 5.73 Å². The summed E-state index contributed by atoms with van der Waals surface area (Å²) in [6.45, 7) is 4.54. The molecule has 0 bridgehead atoms. The fourth-order valence-corrected chi connectivity index (χ4v) is 2.27. The van der Waals surface area contributed by atoms with Crippen LogP contribution in [0.15, 0.2) is 0 Å². The monoisotopic (exact) mass is 226 g/mol. The molecule has 0 aromatic rings. The number of amides is 1. The van der Waals surface area contributed by atoms with Gasteiger partial charge in [0.2, 0.25) is 5.91 Å². The first-order chi connectivity index (χ1) is 7.47. The Morgan fingerprint density at radius 1 is 1.38 bits per heavy atom. The van der Waals surface area contributed by atoms with Gasteiger partial charge in [0.25, 0.3) is 0 Å². The zero-order valence-electron chi connectivity index (χ0n) is 11.0. The molecular weight excluding hydrogens is 200 g/mol. The smallest absolute Gasteiger partial charge is 0.222 e. The number of hydrogen-bond acceptors (Lipinski definition) is 2. The molecule has 16 heavy (non-hydrogen) atoms. The lowest BCUT2D eigenvalue weighted by atomic mass is 9.99. The van der Waals surface area contributed by atoms with Crippen molar-refractivity contribution in [1.82, 2.24) is 4.90 Å². The molecule has 0 aliphatic heterocycles. The van der Waals surface area contributed by atoms with E-state index < -0.39 is 0 Å². The highest BCUT2D eigenvalue weighted by atomic mass is 16.2. The van der Waals surface area contributed by atoms with E-state index in [0.29, 0.717) is 13.0 Å². The van der Waals surface area contributed by atoms with Crippen molar-refractivity contribution in [3.8, 4) is 0 Å². The van der Waals surface area contributed by atoms with Gasteiger partial charge in [-0.05, 0) is 26.2 Å². The van der Waals surface area contributed by atoms with Crippen LogP contribution in [0.5, 0.6) is 0 Å². The van der Waals surface area contributed by atoms with Crippen molar-refractivity contribution in [3.63, 3.8) is 0 Å². The van der Waals surface area contributed by atoms with Gasteiger partial charge in [0.15, 0.2) is 0 Å². The molecule has 1 aliphatic rings. The van der Waals surface area contributed by atoms with Gasteiger partial charge in [-0.2, -0.15) is 0 Å². The molecule has 3 heteroatoms. The highest BCUT2D eigenvalue weighted by Gasteiger charge is 2.26. The molecule has 0 aromatic heterocycles. The van der Waals surface area contributed by atoms with Crippen LogP contribution in [0, 0.1) is 5.92 Å². The van der Waals surface area contributed by atoms with Crippen LogP contribution in [0.4, 0.5) is 0 Å². The van der Waals surface area contributed by atoms with Gasteiger partial charge in [-0.3, -0.25) is 4.79 Å². The number of carbonyl (C=O) groups excluding carboxylic acids is 1. The van der Waals surface area contributed by atoms with Crippen LogP contribution in [0.2, 0.25) is 0 Å². The van der Waals surface area contributed by atoms with E-state index in [-0.39, 0.29) is 11.4 Å². The third-order valence-electron chi connectivity index (χ3n) is 4.02. The maximum atomic E-state index is 12.0. The summed E-state index contributed by atoms with van der Waals surface area (Å²) < 4.78 is 0. The Morgan fingerprint density at radius 3 is 2.44 bits per heavy atom. The molecule has 0 saturated heterocycles. The molecular formula is C13H26N2O. The van der Waals surface area contributed by atoms with Crippen molar-refractivity contribution in [3.05, 3.63) is 0 Å². The van der Waals surface area contributed by atoms with Crippen molar-refractivity contribution < 1.29 is 4.79 Å². The number of rotatable bonds is 5. The Balaban J connectivity index is 2.33. The van der Waals surface area contributed by atoms with Crippen LogP contribution in [0.1, 0.15) is 52.4 Å². The number of carbonyl (C=O) groups is 1. The fourth-order valence-electron chi connectivity index (χ4n) is 2.27. The Labute approximate surface area is 99.4 Å². The summed E-state index contributed by atoms with van der Waals surface area (Å²) in [5, 5.41) is 0. The molecule has 2 N–H and O–H groups in total. The normalized spacial score (nSPS) is 17.8. The second kappa shape index (κ2) is 5.67. The van der Waals surface area contributed by atoms with Gasteiger partial charge < -0.3 is 10.6 Å². The van der Waals surface area contributed by atoms with E-state index in [2.05, 4.69) is 0 Å². The first-order valence-electron chi connectivity index (χ1n) is 6.44. The molecule has 0 unspecified atom stereocenters. The van der Waals surface area contributed by atoms with Crippen molar-refractivity contribution in [2.24, 2.45) is 11.7 Å². The van der Waals surface area contributed by atoms with Gasteiger partial charge in [-0.25, -0.2) is 0 Å². The minimum atomic E-state index is -0.216. The molecule has 0 atom stereocenters. The highest BCUT2D eigenvalue weighted by molar-refractivity contribution is 5.76. The fraction of sp³-hybridized carbons (Fsp3) is 0.923. The van der Waals surface area contributed by atoms with Gasteiger partial charge in [0, 0.05) is 25.6 Å². The predicted molar refractivity (Wildman–Crippen MR) is 67.1 cm³/mol. The van der Waals surface area contributed by atoms with E-state index in [9.17, 15) is 4.79 Å². The van der Waals surface area contributed by atoms with Crippen LogP contribution in [0.3, 0.4) is 0 Å². The summed E-state index contributed by atoms with van der Waals surface area (Å²) in [7, 11) is 1.86. The second-order valence-electron chi connectivity index (χ2n) is 5.66. The van der Waals surface area contributed by atoms with Crippen molar-refractivity contribution in [1.29, 1.82) is 0 Å². The van der Waals surface area contributed by atoms with E-state index in [4.69, 9.17) is 5.73 Å². The van der Waals surface area contributed by atoms with Crippen LogP contribution >= 0.6 is 0 Å². The standard InChI is InChI=1S/C13H26N2O/c1-13(2,10-14)15(3)12(16)9-8-11-6-4-5-7-11/h11H,4-10,14H2,1-3H3. The minimum absolute atomic E-state index is 0.216. The molecule has 0 heterocycles. The van der Waals surface area contributed by atoms with Crippen molar-refractivity contribution >= 4 is 5.91 Å². The third-order valence-corrected chi connectivity index (χ3v) is 4.02. The zero-order chi connectivity index (χ0) is 12.2. The predicted octanol–water partition coefficient (Wildman–Crippen LogP) is 2.15. The molecule has 1 aliphatic carbocycles. The van der Waals surface area contributed by atoms with Crippen LogP contribution in [0.25, 0.3) is 0 Å². The van der Waals surface area contributed by atoms with Crippen molar-refractivity contribution in [2.45, 2.75) is 57.9 Å². The Bertz CT molecular complexity index is 232. The molecule has 1 rings (SSSR count). The first kappa shape index (κ1) is 13.5.